The number of nitro benzene ring substituents is 1. The molecule has 0 saturated carbocycles. The molecule has 0 unspecified atom stereocenters. The highest BCUT2D eigenvalue weighted by Crippen LogP contribution is 2.25. The smallest absolute Gasteiger partial charge is 0.275 e. The third-order valence-corrected chi connectivity index (χ3v) is 3.43. The molecule has 118 valence electrons. The van der Waals surface area contributed by atoms with Crippen LogP contribution in [0.3, 0.4) is 0 Å². The van der Waals surface area contributed by atoms with E-state index in [-0.39, 0.29) is 6.54 Å². The molecule has 0 saturated heterocycles. The van der Waals surface area contributed by atoms with Crippen LogP contribution in [-0.2, 0) is 6.54 Å². The molecule has 0 aliphatic carbocycles. The molecule has 2 N–H and O–H groups in total. The van der Waals surface area contributed by atoms with Crippen LogP contribution in [0.15, 0.2) is 30.3 Å². The molecule has 0 atom stereocenters. The fraction of sp³-hybridized carbons (Fsp3) is 0.133. The Morgan fingerprint density at radius 2 is 2.00 bits per heavy atom. The van der Waals surface area contributed by atoms with Gasteiger partial charge in [-0.05, 0) is 18.6 Å². The molecule has 1 heterocycles. The zero-order valence-corrected chi connectivity index (χ0v) is 12.1. The van der Waals surface area contributed by atoms with Gasteiger partial charge in [0.2, 0.25) is 0 Å². The maximum atomic E-state index is 13.8. The number of nitrogens with one attached hydrogen (secondary N) is 2. The van der Waals surface area contributed by atoms with E-state index < -0.39 is 27.9 Å². The summed E-state index contributed by atoms with van der Waals surface area (Å²) in [6, 6.07) is 6.99. The number of nitro groups is 1. The van der Waals surface area contributed by atoms with Crippen molar-refractivity contribution in [2.75, 3.05) is 5.32 Å². The van der Waals surface area contributed by atoms with E-state index in [1.807, 2.05) is 25.1 Å². The normalized spacial score (nSPS) is 10.9. The molecule has 0 fully saturated rings. The summed E-state index contributed by atoms with van der Waals surface area (Å²) in [5, 5.41) is 13.1. The van der Waals surface area contributed by atoms with Gasteiger partial charge >= 0.3 is 0 Å². The van der Waals surface area contributed by atoms with Gasteiger partial charge in [-0.1, -0.05) is 12.1 Å². The molecule has 0 amide bonds. The van der Waals surface area contributed by atoms with Gasteiger partial charge in [0.15, 0.2) is 11.6 Å². The van der Waals surface area contributed by atoms with Crippen molar-refractivity contribution in [2.24, 2.45) is 0 Å². The van der Waals surface area contributed by atoms with Crippen LogP contribution in [0, 0.1) is 28.7 Å². The van der Waals surface area contributed by atoms with Crippen LogP contribution in [0.1, 0.15) is 11.4 Å². The van der Waals surface area contributed by atoms with Crippen molar-refractivity contribution in [1.82, 2.24) is 9.97 Å². The summed E-state index contributed by atoms with van der Waals surface area (Å²) in [5.41, 5.74) is 1.54. The molecule has 8 heteroatoms. The highest BCUT2D eigenvalue weighted by atomic mass is 19.1. The van der Waals surface area contributed by atoms with E-state index in [2.05, 4.69) is 15.3 Å². The number of aromatic amines is 1. The summed E-state index contributed by atoms with van der Waals surface area (Å²) in [5.74, 6) is -1.54. The van der Waals surface area contributed by atoms with E-state index in [9.17, 15) is 18.9 Å². The average molecular weight is 318 g/mol. The zero-order valence-electron chi connectivity index (χ0n) is 12.1. The largest absolute Gasteiger partial charge is 0.373 e. The molecule has 0 spiro atoms. The SMILES string of the molecule is Cc1cccc2[nH]c(CNc3c(F)cc([N+](=O)[O-])cc3F)nc12. The Bertz CT molecular complexity index is 885. The van der Waals surface area contributed by atoms with Gasteiger partial charge in [0, 0.05) is 0 Å². The first kappa shape index (κ1) is 14.9. The van der Waals surface area contributed by atoms with Gasteiger partial charge in [-0.3, -0.25) is 10.1 Å². The van der Waals surface area contributed by atoms with Gasteiger partial charge in [-0.15, -0.1) is 0 Å². The predicted molar refractivity (Wildman–Crippen MR) is 81.2 cm³/mol. The number of hydrogen-bond donors (Lipinski definition) is 2. The van der Waals surface area contributed by atoms with Crippen molar-refractivity contribution in [1.29, 1.82) is 0 Å². The number of hydrogen-bond acceptors (Lipinski definition) is 4. The first-order valence-corrected chi connectivity index (χ1v) is 6.77. The Labute approximate surface area is 129 Å². The lowest BCUT2D eigenvalue weighted by Gasteiger charge is -2.07. The molecule has 2 aromatic carbocycles. The highest BCUT2D eigenvalue weighted by Gasteiger charge is 2.17. The number of non-ortho nitro benzene ring substituents is 1. The lowest BCUT2D eigenvalue weighted by molar-refractivity contribution is -0.385. The number of fused-ring (bicyclic) bond motifs is 1. The molecular weight excluding hydrogens is 306 g/mol. The molecule has 6 nitrogen and oxygen atoms in total. The fourth-order valence-electron chi connectivity index (χ4n) is 2.32. The number of para-hydroxylation sites is 1. The fourth-order valence-corrected chi connectivity index (χ4v) is 2.32. The summed E-state index contributed by atoms with van der Waals surface area (Å²) in [4.78, 5) is 17.1. The van der Waals surface area contributed by atoms with Gasteiger partial charge in [0.1, 0.15) is 11.5 Å². The Morgan fingerprint density at radius 1 is 1.30 bits per heavy atom. The number of aryl methyl sites for hydroxylation is 1. The molecule has 0 radical (unpaired) electrons. The number of nitrogens with zero attached hydrogens (tertiary/aromatic N) is 2. The Hall–Kier alpha value is -3.03. The summed E-state index contributed by atoms with van der Waals surface area (Å²) in [6.45, 7) is 1.97. The van der Waals surface area contributed by atoms with Gasteiger partial charge in [0.05, 0.1) is 34.6 Å². The highest BCUT2D eigenvalue weighted by molar-refractivity contribution is 5.78. The van der Waals surface area contributed by atoms with Crippen molar-refractivity contribution in [2.45, 2.75) is 13.5 Å². The number of aromatic nitrogens is 2. The van der Waals surface area contributed by atoms with E-state index in [0.717, 1.165) is 16.6 Å². The number of halogens is 2. The summed E-state index contributed by atoms with van der Waals surface area (Å²) < 4.78 is 27.6. The minimum Gasteiger partial charge on any atom is -0.373 e. The molecule has 0 aliphatic heterocycles. The van der Waals surface area contributed by atoms with Crippen LogP contribution in [-0.4, -0.2) is 14.9 Å². The second kappa shape index (κ2) is 5.64. The molecule has 3 aromatic rings. The topological polar surface area (TPSA) is 83.8 Å². The van der Waals surface area contributed by atoms with E-state index >= 15 is 0 Å². The molecule has 23 heavy (non-hydrogen) atoms. The third kappa shape index (κ3) is 2.83. The van der Waals surface area contributed by atoms with E-state index in [4.69, 9.17) is 0 Å². The van der Waals surface area contributed by atoms with Crippen molar-refractivity contribution < 1.29 is 13.7 Å². The molecule has 0 bridgehead atoms. The van der Waals surface area contributed by atoms with E-state index in [0.29, 0.717) is 18.0 Å². The minimum absolute atomic E-state index is 0.0553. The Balaban J connectivity index is 1.85. The van der Waals surface area contributed by atoms with Crippen molar-refractivity contribution in [3.63, 3.8) is 0 Å². The number of rotatable bonds is 4. The first-order chi connectivity index (χ1) is 11.0. The molecule has 0 aliphatic rings. The predicted octanol–water partition coefficient (Wildman–Crippen LogP) is 3.67. The molecule has 3 rings (SSSR count). The number of imidazole rings is 1. The van der Waals surface area contributed by atoms with Crippen LogP contribution < -0.4 is 5.32 Å². The average Bonchev–Trinajstić information content (AvgIpc) is 2.90. The zero-order chi connectivity index (χ0) is 16.6. The van der Waals surface area contributed by atoms with Gasteiger partial charge in [0.25, 0.3) is 5.69 Å². The Morgan fingerprint density at radius 3 is 2.61 bits per heavy atom. The first-order valence-electron chi connectivity index (χ1n) is 6.77. The third-order valence-electron chi connectivity index (χ3n) is 3.43. The number of anilines is 1. The molecule has 1 aromatic heterocycles. The summed E-state index contributed by atoms with van der Waals surface area (Å²) >= 11 is 0. The lowest BCUT2D eigenvalue weighted by Crippen LogP contribution is -2.06. The molecular formula is C15H12F2N4O2. The van der Waals surface area contributed by atoms with Gasteiger partial charge in [-0.25, -0.2) is 13.8 Å². The van der Waals surface area contributed by atoms with Crippen LogP contribution >= 0.6 is 0 Å². The van der Waals surface area contributed by atoms with Crippen LogP contribution in [0.5, 0.6) is 0 Å². The monoisotopic (exact) mass is 318 g/mol. The van der Waals surface area contributed by atoms with Gasteiger partial charge < -0.3 is 10.3 Å². The van der Waals surface area contributed by atoms with Crippen LogP contribution in [0.4, 0.5) is 20.2 Å². The van der Waals surface area contributed by atoms with Gasteiger partial charge in [-0.2, -0.15) is 0 Å². The number of H-pyrrole nitrogens is 1. The summed E-state index contributed by atoms with van der Waals surface area (Å²) in [6.07, 6.45) is 0. The van der Waals surface area contributed by atoms with E-state index in [1.54, 1.807) is 0 Å². The second-order valence-electron chi connectivity index (χ2n) is 5.05. The minimum atomic E-state index is -1.02. The van der Waals surface area contributed by atoms with Crippen molar-refractivity contribution >= 4 is 22.4 Å². The van der Waals surface area contributed by atoms with Crippen LogP contribution in [0.25, 0.3) is 11.0 Å². The summed E-state index contributed by atoms with van der Waals surface area (Å²) in [7, 11) is 0. The van der Waals surface area contributed by atoms with Crippen molar-refractivity contribution in [3.05, 3.63) is 63.5 Å². The maximum Gasteiger partial charge on any atom is 0.275 e. The van der Waals surface area contributed by atoms with Crippen LogP contribution in [0.2, 0.25) is 0 Å². The Kier molecular flexibility index (Phi) is 3.65. The second-order valence-corrected chi connectivity index (χ2v) is 5.05. The van der Waals surface area contributed by atoms with Crippen molar-refractivity contribution in [3.8, 4) is 0 Å². The standard InChI is InChI=1S/C15H12F2N4O2/c1-8-3-2-4-12-14(8)20-13(19-12)7-18-15-10(16)5-9(21(22)23)6-11(15)17/h2-6,18H,7H2,1H3,(H,19,20). The quantitative estimate of drug-likeness (QED) is 0.568. The van der Waals surface area contributed by atoms with E-state index in [1.165, 1.54) is 0 Å². The maximum absolute atomic E-state index is 13.8. The lowest BCUT2D eigenvalue weighted by atomic mass is 10.2. The number of benzene rings is 2.